The van der Waals surface area contributed by atoms with Crippen molar-refractivity contribution < 1.29 is 9.59 Å². The second-order valence-corrected chi connectivity index (χ2v) is 7.38. The zero-order valence-corrected chi connectivity index (χ0v) is 14.8. The summed E-state index contributed by atoms with van der Waals surface area (Å²) in [6, 6.07) is 10.0. The van der Waals surface area contributed by atoms with E-state index in [9.17, 15) is 9.59 Å². The summed E-state index contributed by atoms with van der Waals surface area (Å²) in [5.41, 5.74) is 6.83. The van der Waals surface area contributed by atoms with Crippen LogP contribution < -0.4 is 11.1 Å². The highest BCUT2D eigenvalue weighted by molar-refractivity contribution is 5.82. The van der Waals surface area contributed by atoms with Gasteiger partial charge in [0.15, 0.2) is 0 Å². The molecule has 1 saturated heterocycles. The highest BCUT2D eigenvalue weighted by Crippen LogP contribution is 2.26. The highest BCUT2D eigenvalue weighted by Gasteiger charge is 2.32. The van der Waals surface area contributed by atoms with Gasteiger partial charge in [0.2, 0.25) is 11.8 Å². The van der Waals surface area contributed by atoms with E-state index in [0.29, 0.717) is 25.4 Å². The summed E-state index contributed by atoms with van der Waals surface area (Å²) in [5, 5.41) is 3.20. The number of likely N-dealkylation sites (tertiary alicyclic amines) is 1. The Balaban J connectivity index is 1.53. The highest BCUT2D eigenvalue weighted by atomic mass is 16.2. The Morgan fingerprint density at radius 2 is 1.92 bits per heavy atom. The van der Waals surface area contributed by atoms with Gasteiger partial charge >= 0.3 is 0 Å². The molecule has 25 heavy (non-hydrogen) atoms. The van der Waals surface area contributed by atoms with Crippen LogP contribution in [0.3, 0.4) is 0 Å². The van der Waals surface area contributed by atoms with Gasteiger partial charge in [0.1, 0.15) is 0 Å². The molecule has 3 rings (SSSR count). The van der Waals surface area contributed by atoms with E-state index in [2.05, 4.69) is 5.32 Å². The molecule has 2 fully saturated rings. The number of piperidine rings is 1. The van der Waals surface area contributed by atoms with Crippen LogP contribution in [0.15, 0.2) is 30.3 Å². The van der Waals surface area contributed by atoms with E-state index >= 15 is 0 Å². The molecule has 1 saturated carbocycles. The molecule has 2 amide bonds. The molecule has 3 unspecified atom stereocenters. The van der Waals surface area contributed by atoms with Crippen molar-refractivity contribution in [3.8, 4) is 0 Å². The van der Waals surface area contributed by atoms with E-state index in [1.165, 1.54) is 0 Å². The molecule has 0 bridgehead atoms. The zero-order chi connectivity index (χ0) is 17.6. The van der Waals surface area contributed by atoms with E-state index in [-0.39, 0.29) is 23.8 Å². The first-order valence-electron chi connectivity index (χ1n) is 9.49. The molecule has 1 aliphatic heterocycles. The molecular weight excluding hydrogens is 314 g/mol. The Morgan fingerprint density at radius 1 is 1.12 bits per heavy atom. The van der Waals surface area contributed by atoms with Gasteiger partial charge in [-0.25, -0.2) is 0 Å². The molecule has 1 heterocycles. The van der Waals surface area contributed by atoms with Gasteiger partial charge in [-0.3, -0.25) is 9.59 Å². The molecule has 5 nitrogen and oxygen atoms in total. The van der Waals surface area contributed by atoms with Crippen LogP contribution in [0.25, 0.3) is 0 Å². The molecule has 3 atom stereocenters. The third kappa shape index (κ3) is 4.60. The maximum atomic E-state index is 12.7. The molecule has 1 aromatic rings. The summed E-state index contributed by atoms with van der Waals surface area (Å²) < 4.78 is 0. The van der Waals surface area contributed by atoms with Crippen molar-refractivity contribution in [1.82, 2.24) is 10.2 Å². The molecule has 0 radical (unpaired) electrons. The number of carbonyl (C=O) groups is 2. The lowest BCUT2D eigenvalue weighted by atomic mass is 9.95. The summed E-state index contributed by atoms with van der Waals surface area (Å²) >= 11 is 0. The minimum atomic E-state index is -0.0903. The average Bonchev–Trinajstić information content (AvgIpc) is 3.09. The van der Waals surface area contributed by atoms with Gasteiger partial charge in [-0.05, 0) is 43.7 Å². The van der Waals surface area contributed by atoms with Gasteiger partial charge in [-0.1, -0.05) is 36.8 Å². The molecule has 0 aromatic heterocycles. The fraction of sp³-hybridized carbons (Fsp3) is 0.600. The smallest absolute Gasteiger partial charge is 0.227 e. The number of carbonyl (C=O) groups excluding carboxylic acids is 2. The monoisotopic (exact) mass is 343 g/mol. The number of hydrogen-bond acceptors (Lipinski definition) is 3. The van der Waals surface area contributed by atoms with Crippen molar-refractivity contribution >= 4 is 11.8 Å². The van der Waals surface area contributed by atoms with Crippen LogP contribution in [0, 0.1) is 11.8 Å². The molecule has 1 aromatic carbocycles. The van der Waals surface area contributed by atoms with E-state index < -0.39 is 0 Å². The number of hydrogen-bond donors (Lipinski definition) is 2. The first-order chi connectivity index (χ1) is 12.2. The molecule has 2 aliphatic rings. The molecular formula is C20H29N3O2. The zero-order valence-electron chi connectivity index (χ0n) is 14.8. The van der Waals surface area contributed by atoms with E-state index in [0.717, 1.165) is 44.2 Å². The quantitative estimate of drug-likeness (QED) is 0.855. The summed E-state index contributed by atoms with van der Waals surface area (Å²) in [5.74, 6) is 0.530. The minimum absolute atomic E-state index is 0.0903. The largest absolute Gasteiger partial charge is 0.353 e. The Bertz CT molecular complexity index is 590. The summed E-state index contributed by atoms with van der Waals surface area (Å²) in [6.45, 7) is 1.93. The van der Waals surface area contributed by atoms with E-state index in [1.54, 1.807) is 0 Å². The van der Waals surface area contributed by atoms with Crippen molar-refractivity contribution in [2.75, 3.05) is 19.6 Å². The fourth-order valence-electron chi connectivity index (χ4n) is 4.11. The predicted octanol–water partition coefficient (Wildman–Crippen LogP) is 1.71. The summed E-state index contributed by atoms with van der Waals surface area (Å²) in [6.07, 6.45) is 5.43. The molecule has 5 heteroatoms. The van der Waals surface area contributed by atoms with Crippen molar-refractivity contribution in [2.24, 2.45) is 17.6 Å². The van der Waals surface area contributed by atoms with Gasteiger partial charge in [-0.2, -0.15) is 0 Å². The Labute approximate surface area is 150 Å². The topological polar surface area (TPSA) is 75.4 Å². The van der Waals surface area contributed by atoms with E-state index in [4.69, 9.17) is 5.73 Å². The van der Waals surface area contributed by atoms with Crippen LogP contribution in [0.1, 0.15) is 37.7 Å². The predicted molar refractivity (Wildman–Crippen MR) is 97.8 cm³/mol. The van der Waals surface area contributed by atoms with Gasteiger partial charge in [-0.15, -0.1) is 0 Å². The summed E-state index contributed by atoms with van der Waals surface area (Å²) in [4.78, 5) is 27.1. The maximum Gasteiger partial charge on any atom is 0.227 e. The third-order valence-electron chi connectivity index (χ3n) is 5.63. The van der Waals surface area contributed by atoms with Crippen molar-refractivity contribution in [1.29, 1.82) is 0 Å². The number of rotatable bonds is 5. The standard InChI is InChI=1S/C20H29N3O2/c21-13-16-8-4-10-18(16)22-20(25)17-9-5-11-23(14-17)19(24)12-15-6-2-1-3-7-15/h1-3,6-7,16-18H,4-5,8-14,21H2,(H,22,25). The van der Waals surface area contributed by atoms with Gasteiger partial charge in [0.25, 0.3) is 0 Å². The number of benzene rings is 1. The van der Waals surface area contributed by atoms with Gasteiger partial charge in [0, 0.05) is 19.1 Å². The first-order valence-corrected chi connectivity index (χ1v) is 9.49. The van der Waals surface area contributed by atoms with Crippen LogP contribution in [-0.2, 0) is 16.0 Å². The molecule has 0 spiro atoms. The number of nitrogens with zero attached hydrogens (tertiary/aromatic N) is 1. The molecule has 3 N–H and O–H groups in total. The van der Waals surface area contributed by atoms with Crippen LogP contribution >= 0.6 is 0 Å². The third-order valence-corrected chi connectivity index (χ3v) is 5.63. The minimum Gasteiger partial charge on any atom is -0.353 e. The lowest BCUT2D eigenvalue weighted by Crippen LogP contribution is -2.49. The normalized spacial score (nSPS) is 26.4. The maximum absolute atomic E-state index is 12.7. The molecule has 1 aliphatic carbocycles. The molecule has 136 valence electrons. The van der Waals surface area contributed by atoms with Gasteiger partial charge in [0.05, 0.1) is 12.3 Å². The number of nitrogens with two attached hydrogens (primary N) is 1. The van der Waals surface area contributed by atoms with Crippen LogP contribution in [0.2, 0.25) is 0 Å². The summed E-state index contributed by atoms with van der Waals surface area (Å²) in [7, 11) is 0. The lowest BCUT2D eigenvalue weighted by Gasteiger charge is -2.33. The number of amides is 2. The Hall–Kier alpha value is -1.88. The Kier molecular flexibility index (Phi) is 6.08. The van der Waals surface area contributed by atoms with Crippen LogP contribution in [0.5, 0.6) is 0 Å². The fourth-order valence-corrected chi connectivity index (χ4v) is 4.11. The van der Waals surface area contributed by atoms with Crippen molar-refractivity contribution in [3.63, 3.8) is 0 Å². The average molecular weight is 343 g/mol. The number of nitrogens with one attached hydrogen (secondary N) is 1. The second kappa shape index (κ2) is 8.48. The van der Waals surface area contributed by atoms with Crippen molar-refractivity contribution in [2.45, 2.75) is 44.6 Å². The lowest BCUT2D eigenvalue weighted by molar-refractivity contribution is -0.135. The SMILES string of the molecule is NCC1CCCC1NC(=O)C1CCCN(C(=O)Cc2ccccc2)C1. The first kappa shape index (κ1) is 17.9. The van der Waals surface area contributed by atoms with E-state index in [1.807, 2.05) is 35.2 Å². The Morgan fingerprint density at radius 3 is 2.68 bits per heavy atom. The van der Waals surface area contributed by atoms with Gasteiger partial charge < -0.3 is 16.0 Å². The van der Waals surface area contributed by atoms with Crippen molar-refractivity contribution in [3.05, 3.63) is 35.9 Å². The second-order valence-electron chi connectivity index (χ2n) is 7.38. The van der Waals surface area contributed by atoms with Crippen LogP contribution in [-0.4, -0.2) is 42.4 Å². The van der Waals surface area contributed by atoms with Crippen LogP contribution in [0.4, 0.5) is 0 Å².